The highest BCUT2D eigenvalue weighted by Gasteiger charge is 2.18. The molecule has 0 bridgehead atoms. The normalized spacial score (nSPS) is 12.1. The highest BCUT2D eigenvalue weighted by atomic mass is 16.3. The number of aliphatic hydroxyl groups is 1. The van der Waals surface area contributed by atoms with Crippen LogP contribution in [0.3, 0.4) is 0 Å². The molecule has 0 saturated heterocycles. The zero-order valence-corrected chi connectivity index (χ0v) is 10.1. The molecule has 0 saturated carbocycles. The van der Waals surface area contributed by atoms with Crippen LogP contribution in [0.5, 0.6) is 0 Å². The quantitative estimate of drug-likeness (QED) is 0.825. The predicted octanol–water partition coefficient (Wildman–Crippen LogP) is 1.77. The van der Waals surface area contributed by atoms with Crippen LogP contribution in [0.1, 0.15) is 45.8 Å². The summed E-state index contributed by atoms with van der Waals surface area (Å²) >= 11 is 0. The first-order valence-electron chi connectivity index (χ1n) is 5.49. The highest BCUT2D eigenvalue weighted by molar-refractivity contribution is 4.97. The van der Waals surface area contributed by atoms with Crippen molar-refractivity contribution in [2.45, 2.75) is 53.7 Å². The Labute approximate surface area is 91.3 Å². The van der Waals surface area contributed by atoms with Crippen molar-refractivity contribution in [1.29, 1.82) is 0 Å². The Kier molecular flexibility index (Phi) is 3.85. The van der Waals surface area contributed by atoms with Gasteiger partial charge in [-0.2, -0.15) is 0 Å². The summed E-state index contributed by atoms with van der Waals surface area (Å²) in [6.07, 6.45) is 1.92. The third kappa shape index (κ3) is 3.30. The number of rotatable bonds is 4. The van der Waals surface area contributed by atoms with E-state index in [2.05, 4.69) is 37.9 Å². The second-order valence-electron chi connectivity index (χ2n) is 5.08. The largest absolute Gasteiger partial charge is 0.388 e. The van der Waals surface area contributed by atoms with Gasteiger partial charge in [-0.3, -0.25) is 0 Å². The number of hydrogen-bond donors (Lipinski definition) is 1. The third-order valence-corrected chi connectivity index (χ3v) is 2.18. The molecule has 4 heteroatoms. The van der Waals surface area contributed by atoms with E-state index in [0.717, 1.165) is 25.2 Å². The maximum absolute atomic E-state index is 9.13. The van der Waals surface area contributed by atoms with Crippen LogP contribution in [0.25, 0.3) is 0 Å². The second-order valence-corrected chi connectivity index (χ2v) is 5.08. The monoisotopic (exact) mass is 211 g/mol. The van der Waals surface area contributed by atoms with E-state index in [1.165, 1.54) is 0 Å². The summed E-state index contributed by atoms with van der Waals surface area (Å²) in [4.78, 5) is 0. The van der Waals surface area contributed by atoms with E-state index in [0.29, 0.717) is 5.82 Å². The zero-order chi connectivity index (χ0) is 11.5. The Morgan fingerprint density at radius 2 is 1.80 bits per heavy atom. The lowest BCUT2D eigenvalue weighted by Gasteiger charge is -2.18. The molecular formula is C11H21N3O. The second kappa shape index (κ2) is 4.75. The molecule has 15 heavy (non-hydrogen) atoms. The van der Waals surface area contributed by atoms with Crippen LogP contribution in [-0.4, -0.2) is 19.9 Å². The molecule has 0 aliphatic rings. The maximum Gasteiger partial charge on any atom is 0.158 e. The zero-order valence-electron chi connectivity index (χ0n) is 10.1. The van der Waals surface area contributed by atoms with Gasteiger partial charge in [-0.25, -0.2) is 0 Å². The van der Waals surface area contributed by atoms with Crippen molar-refractivity contribution in [2.24, 2.45) is 5.41 Å². The molecule has 86 valence electrons. The van der Waals surface area contributed by atoms with Crippen LogP contribution in [0, 0.1) is 5.41 Å². The van der Waals surface area contributed by atoms with Crippen LogP contribution in [-0.2, 0) is 19.6 Å². The van der Waals surface area contributed by atoms with Crippen LogP contribution >= 0.6 is 0 Å². The first kappa shape index (κ1) is 12.2. The molecule has 0 fully saturated rings. The van der Waals surface area contributed by atoms with Gasteiger partial charge in [-0.1, -0.05) is 27.7 Å². The van der Waals surface area contributed by atoms with Gasteiger partial charge in [0.1, 0.15) is 12.4 Å². The fraction of sp³-hybridized carbons (Fsp3) is 0.818. The minimum absolute atomic E-state index is 0.0306. The molecule has 1 aromatic heterocycles. The van der Waals surface area contributed by atoms with E-state index >= 15 is 0 Å². The molecular weight excluding hydrogens is 190 g/mol. The molecule has 0 aliphatic carbocycles. The van der Waals surface area contributed by atoms with E-state index in [4.69, 9.17) is 5.11 Å². The molecule has 4 nitrogen and oxygen atoms in total. The summed E-state index contributed by atoms with van der Waals surface area (Å²) in [5, 5.41) is 17.3. The van der Waals surface area contributed by atoms with Gasteiger partial charge in [-0.05, 0) is 11.8 Å². The summed E-state index contributed by atoms with van der Waals surface area (Å²) in [5.41, 5.74) is 0.200. The van der Waals surface area contributed by atoms with Gasteiger partial charge in [0.25, 0.3) is 0 Å². The van der Waals surface area contributed by atoms with Gasteiger partial charge in [0.15, 0.2) is 5.82 Å². The van der Waals surface area contributed by atoms with Gasteiger partial charge in [0.05, 0.1) is 0 Å². The molecule has 0 radical (unpaired) electrons. The molecule has 0 spiro atoms. The number of hydrogen-bond acceptors (Lipinski definition) is 3. The number of aromatic nitrogens is 3. The van der Waals surface area contributed by atoms with Gasteiger partial charge in [-0.15, -0.1) is 10.2 Å². The fourth-order valence-corrected chi connectivity index (χ4v) is 1.58. The number of aliphatic hydroxyl groups excluding tert-OH is 1. The summed E-state index contributed by atoms with van der Waals surface area (Å²) in [6, 6.07) is 0. The van der Waals surface area contributed by atoms with E-state index < -0.39 is 0 Å². The van der Waals surface area contributed by atoms with Crippen molar-refractivity contribution < 1.29 is 5.11 Å². The fourth-order valence-electron chi connectivity index (χ4n) is 1.58. The molecule has 1 aromatic rings. The molecule has 1 heterocycles. The Morgan fingerprint density at radius 1 is 1.20 bits per heavy atom. The van der Waals surface area contributed by atoms with Crippen molar-refractivity contribution in [3.63, 3.8) is 0 Å². The van der Waals surface area contributed by atoms with Crippen LogP contribution in [0.15, 0.2) is 0 Å². The molecule has 0 amide bonds. The Hall–Kier alpha value is -0.900. The minimum Gasteiger partial charge on any atom is -0.388 e. The summed E-state index contributed by atoms with van der Waals surface area (Å²) in [5.74, 6) is 1.66. The van der Waals surface area contributed by atoms with Crippen molar-refractivity contribution in [1.82, 2.24) is 14.8 Å². The summed E-state index contributed by atoms with van der Waals surface area (Å²) in [7, 11) is 0. The molecule has 1 N–H and O–H groups in total. The Balaban J connectivity index is 2.91. The van der Waals surface area contributed by atoms with Crippen molar-refractivity contribution >= 4 is 0 Å². The maximum atomic E-state index is 9.13. The summed E-state index contributed by atoms with van der Waals surface area (Å²) in [6.45, 7) is 9.50. The average molecular weight is 211 g/mol. The third-order valence-electron chi connectivity index (χ3n) is 2.18. The highest BCUT2D eigenvalue weighted by Crippen LogP contribution is 2.20. The standard InChI is InChI=1S/C11H21N3O/c1-5-6-14-9(7-11(2,3)4)12-13-10(14)8-15/h15H,5-8H2,1-4H3. The van der Waals surface area contributed by atoms with E-state index in [-0.39, 0.29) is 12.0 Å². The van der Waals surface area contributed by atoms with Crippen LogP contribution in [0.2, 0.25) is 0 Å². The van der Waals surface area contributed by atoms with Crippen LogP contribution in [0.4, 0.5) is 0 Å². The number of nitrogens with zero attached hydrogens (tertiary/aromatic N) is 3. The lowest BCUT2D eigenvalue weighted by Crippen LogP contribution is -2.15. The predicted molar refractivity (Wildman–Crippen MR) is 59.4 cm³/mol. The van der Waals surface area contributed by atoms with Crippen molar-refractivity contribution in [3.05, 3.63) is 11.6 Å². The SMILES string of the molecule is CCCn1c(CO)nnc1CC(C)(C)C. The minimum atomic E-state index is -0.0306. The van der Waals surface area contributed by atoms with Gasteiger partial charge < -0.3 is 9.67 Å². The Bertz CT molecular complexity index is 312. The van der Waals surface area contributed by atoms with Crippen LogP contribution < -0.4 is 0 Å². The molecule has 0 aliphatic heterocycles. The van der Waals surface area contributed by atoms with Crippen molar-refractivity contribution in [3.8, 4) is 0 Å². The van der Waals surface area contributed by atoms with E-state index in [1.54, 1.807) is 0 Å². The Morgan fingerprint density at radius 3 is 2.27 bits per heavy atom. The summed E-state index contributed by atoms with van der Waals surface area (Å²) < 4.78 is 2.03. The molecule has 0 aromatic carbocycles. The molecule has 0 unspecified atom stereocenters. The lowest BCUT2D eigenvalue weighted by molar-refractivity contribution is 0.263. The first-order valence-corrected chi connectivity index (χ1v) is 5.49. The smallest absolute Gasteiger partial charge is 0.158 e. The lowest BCUT2D eigenvalue weighted by atomic mass is 9.92. The van der Waals surface area contributed by atoms with Gasteiger partial charge in [0, 0.05) is 13.0 Å². The van der Waals surface area contributed by atoms with Gasteiger partial charge >= 0.3 is 0 Å². The first-order chi connectivity index (χ1) is 6.98. The van der Waals surface area contributed by atoms with E-state index in [9.17, 15) is 0 Å². The molecule has 1 rings (SSSR count). The topological polar surface area (TPSA) is 50.9 Å². The average Bonchev–Trinajstić information content (AvgIpc) is 2.47. The van der Waals surface area contributed by atoms with Gasteiger partial charge in [0.2, 0.25) is 0 Å². The van der Waals surface area contributed by atoms with Crippen molar-refractivity contribution in [2.75, 3.05) is 0 Å². The van der Waals surface area contributed by atoms with E-state index in [1.807, 2.05) is 4.57 Å². The molecule has 0 atom stereocenters.